The smallest absolute Gasteiger partial charge is 0.257 e. The Bertz CT molecular complexity index is 392. The number of aliphatic hydroxyl groups excluding tert-OH is 1. The maximum Gasteiger partial charge on any atom is 0.257 e. The molecule has 1 aromatic carbocycles. The number of aliphatic hydroxyl groups is 1. The molecule has 0 atom stereocenters. The number of phenols is 1. The summed E-state index contributed by atoms with van der Waals surface area (Å²) < 4.78 is 5.00. The average molecular weight is 239 g/mol. The Morgan fingerprint density at radius 3 is 2.71 bits per heavy atom. The van der Waals surface area contributed by atoms with Crippen molar-refractivity contribution in [3.8, 4) is 11.5 Å². The zero-order chi connectivity index (χ0) is 12.8. The normalized spacial score (nSPS) is 10.1. The molecule has 0 aliphatic heterocycles. The van der Waals surface area contributed by atoms with E-state index >= 15 is 0 Å². The van der Waals surface area contributed by atoms with E-state index in [9.17, 15) is 9.90 Å². The third kappa shape index (κ3) is 3.10. The molecule has 1 aromatic rings. The molecule has 17 heavy (non-hydrogen) atoms. The lowest BCUT2D eigenvalue weighted by Gasteiger charge is -2.20. The number of nitrogens with zero attached hydrogens (tertiary/aromatic N) is 1. The molecule has 0 radical (unpaired) electrons. The number of likely N-dealkylation sites (N-methyl/N-ethyl adjacent to an activating group) is 1. The first kappa shape index (κ1) is 13.3. The van der Waals surface area contributed by atoms with Crippen molar-refractivity contribution < 1.29 is 19.7 Å². The second-order valence-electron chi connectivity index (χ2n) is 3.49. The van der Waals surface area contributed by atoms with E-state index in [0.29, 0.717) is 12.3 Å². The number of hydrogen-bond acceptors (Lipinski definition) is 4. The van der Waals surface area contributed by atoms with Crippen molar-refractivity contribution in [3.63, 3.8) is 0 Å². The highest BCUT2D eigenvalue weighted by Gasteiger charge is 2.17. The van der Waals surface area contributed by atoms with Gasteiger partial charge in [0.15, 0.2) is 0 Å². The van der Waals surface area contributed by atoms with Crippen molar-refractivity contribution in [2.75, 3.05) is 26.8 Å². The largest absolute Gasteiger partial charge is 0.507 e. The van der Waals surface area contributed by atoms with Crippen molar-refractivity contribution >= 4 is 5.91 Å². The molecular weight excluding hydrogens is 222 g/mol. The summed E-state index contributed by atoms with van der Waals surface area (Å²) in [4.78, 5) is 13.5. The Kier molecular flexibility index (Phi) is 4.78. The van der Waals surface area contributed by atoms with E-state index in [0.717, 1.165) is 0 Å². The number of carbonyl (C=O) groups excluding carboxylic acids is 1. The lowest BCUT2D eigenvalue weighted by atomic mass is 10.1. The maximum absolute atomic E-state index is 12.1. The van der Waals surface area contributed by atoms with Gasteiger partial charge in [0.1, 0.15) is 11.5 Å². The number of rotatable bonds is 5. The van der Waals surface area contributed by atoms with Crippen molar-refractivity contribution in [2.24, 2.45) is 0 Å². The molecule has 0 saturated heterocycles. The van der Waals surface area contributed by atoms with Gasteiger partial charge in [-0.1, -0.05) is 0 Å². The summed E-state index contributed by atoms with van der Waals surface area (Å²) in [6.45, 7) is 2.41. The summed E-state index contributed by atoms with van der Waals surface area (Å²) in [5.41, 5.74) is 0.180. The minimum atomic E-state index is -0.321. The summed E-state index contributed by atoms with van der Waals surface area (Å²) in [7, 11) is 1.49. The second-order valence-corrected chi connectivity index (χ2v) is 3.49. The van der Waals surface area contributed by atoms with Gasteiger partial charge in [0.05, 0.1) is 19.3 Å². The maximum atomic E-state index is 12.1. The van der Waals surface area contributed by atoms with Crippen LogP contribution in [0.15, 0.2) is 18.2 Å². The van der Waals surface area contributed by atoms with Gasteiger partial charge in [-0.15, -0.1) is 0 Å². The van der Waals surface area contributed by atoms with Gasteiger partial charge in [-0.05, 0) is 25.1 Å². The highest BCUT2D eigenvalue weighted by molar-refractivity contribution is 5.97. The monoisotopic (exact) mass is 239 g/mol. The molecule has 0 unspecified atom stereocenters. The topological polar surface area (TPSA) is 70.0 Å². The van der Waals surface area contributed by atoms with Gasteiger partial charge >= 0.3 is 0 Å². The van der Waals surface area contributed by atoms with Gasteiger partial charge in [0.25, 0.3) is 5.91 Å². The van der Waals surface area contributed by atoms with E-state index in [1.807, 2.05) is 6.92 Å². The van der Waals surface area contributed by atoms with Crippen LogP contribution in [0, 0.1) is 0 Å². The third-order valence-corrected chi connectivity index (χ3v) is 2.47. The quantitative estimate of drug-likeness (QED) is 0.799. The van der Waals surface area contributed by atoms with Crippen LogP contribution in [0.4, 0.5) is 0 Å². The number of aromatic hydroxyl groups is 1. The highest BCUT2D eigenvalue weighted by atomic mass is 16.5. The molecule has 0 heterocycles. The predicted molar refractivity (Wildman–Crippen MR) is 63.3 cm³/mol. The van der Waals surface area contributed by atoms with E-state index < -0.39 is 0 Å². The Balaban J connectivity index is 3.01. The molecule has 0 spiro atoms. The fraction of sp³-hybridized carbons (Fsp3) is 0.417. The minimum Gasteiger partial charge on any atom is -0.507 e. The number of methoxy groups -OCH3 is 1. The van der Waals surface area contributed by atoms with Crippen LogP contribution >= 0.6 is 0 Å². The Morgan fingerprint density at radius 1 is 1.47 bits per heavy atom. The molecule has 1 rings (SSSR count). The van der Waals surface area contributed by atoms with Crippen LogP contribution in [0.5, 0.6) is 11.5 Å². The van der Waals surface area contributed by atoms with Crippen molar-refractivity contribution in [3.05, 3.63) is 23.8 Å². The van der Waals surface area contributed by atoms with Gasteiger partial charge < -0.3 is 19.8 Å². The van der Waals surface area contributed by atoms with Crippen LogP contribution in [-0.4, -0.2) is 47.8 Å². The summed E-state index contributed by atoms with van der Waals surface area (Å²) in [5, 5.41) is 18.5. The second kappa shape index (κ2) is 6.10. The van der Waals surface area contributed by atoms with Crippen LogP contribution in [0.25, 0.3) is 0 Å². The Labute approximate surface area is 100 Å². The fourth-order valence-electron chi connectivity index (χ4n) is 1.51. The standard InChI is InChI=1S/C12H17NO4/c1-3-13(6-7-14)12(16)10-8-9(17-2)4-5-11(10)15/h4-5,8,14-15H,3,6-7H2,1-2H3. The van der Waals surface area contributed by atoms with E-state index in [2.05, 4.69) is 0 Å². The molecule has 5 nitrogen and oxygen atoms in total. The minimum absolute atomic E-state index is 0.0906. The molecule has 0 aromatic heterocycles. The number of carbonyl (C=O) groups is 1. The zero-order valence-electron chi connectivity index (χ0n) is 10.0. The molecular formula is C12H17NO4. The third-order valence-electron chi connectivity index (χ3n) is 2.47. The fourth-order valence-corrected chi connectivity index (χ4v) is 1.51. The molecule has 1 amide bonds. The molecule has 0 aliphatic rings. The van der Waals surface area contributed by atoms with Crippen molar-refractivity contribution in [2.45, 2.75) is 6.92 Å². The average Bonchev–Trinajstić information content (AvgIpc) is 2.35. The van der Waals surface area contributed by atoms with E-state index in [-0.39, 0.29) is 30.4 Å². The van der Waals surface area contributed by atoms with Gasteiger partial charge in [0.2, 0.25) is 0 Å². The molecule has 94 valence electrons. The number of hydrogen-bond donors (Lipinski definition) is 2. The first-order chi connectivity index (χ1) is 8.13. The van der Waals surface area contributed by atoms with Crippen molar-refractivity contribution in [1.82, 2.24) is 4.90 Å². The van der Waals surface area contributed by atoms with E-state index in [4.69, 9.17) is 9.84 Å². The van der Waals surface area contributed by atoms with Crippen LogP contribution in [0.3, 0.4) is 0 Å². The van der Waals surface area contributed by atoms with Crippen LogP contribution in [0.2, 0.25) is 0 Å². The first-order valence-electron chi connectivity index (χ1n) is 5.41. The number of amides is 1. The van der Waals surface area contributed by atoms with Crippen molar-refractivity contribution in [1.29, 1.82) is 0 Å². The first-order valence-corrected chi connectivity index (χ1v) is 5.41. The molecule has 0 bridgehead atoms. The Hall–Kier alpha value is -1.75. The van der Waals surface area contributed by atoms with E-state index in [1.54, 1.807) is 6.07 Å². The number of ether oxygens (including phenoxy) is 1. The lowest BCUT2D eigenvalue weighted by molar-refractivity contribution is 0.0728. The van der Waals surface area contributed by atoms with Crippen LogP contribution < -0.4 is 4.74 Å². The highest BCUT2D eigenvalue weighted by Crippen LogP contribution is 2.24. The lowest BCUT2D eigenvalue weighted by Crippen LogP contribution is -2.33. The van der Waals surface area contributed by atoms with E-state index in [1.165, 1.54) is 24.1 Å². The molecule has 5 heteroatoms. The van der Waals surface area contributed by atoms with Gasteiger partial charge in [-0.3, -0.25) is 4.79 Å². The van der Waals surface area contributed by atoms with Gasteiger partial charge in [-0.2, -0.15) is 0 Å². The number of phenolic OH excluding ortho intramolecular Hbond substituents is 1. The van der Waals surface area contributed by atoms with Gasteiger partial charge in [-0.25, -0.2) is 0 Å². The number of benzene rings is 1. The van der Waals surface area contributed by atoms with Crippen LogP contribution in [-0.2, 0) is 0 Å². The molecule has 2 N–H and O–H groups in total. The molecule has 0 saturated carbocycles. The summed E-state index contributed by atoms with van der Waals surface area (Å²) >= 11 is 0. The van der Waals surface area contributed by atoms with Crippen LogP contribution in [0.1, 0.15) is 17.3 Å². The predicted octanol–water partition coefficient (Wildman–Crippen LogP) is 0.855. The SMILES string of the molecule is CCN(CCO)C(=O)c1cc(OC)ccc1O. The molecule has 0 fully saturated rings. The summed E-state index contributed by atoms with van der Waals surface area (Å²) in [6.07, 6.45) is 0. The Morgan fingerprint density at radius 2 is 2.18 bits per heavy atom. The zero-order valence-corrected chi connectivity index (χ0v) is 10.0. The summed E-state index contributed by atoms with van der Waals surface area (Å²) in [6, 6.07) is 4.48. The summed E-state index contributed by atoms with van der Waals surface area (Å²) in [5.74, 6) is 0.0938. The van der Waals surface area contributed by atoms with Gasteiger partial charge in [0, 0.05) is 13.1 Å². The molecule has 0 aliphatic carbocycles.